The molecule has 1 aliphatic carbocycles. The van der Waals surface area contributed by atoms with Crippen LogP contribution in [0.3, 0.4) is 0 Å². The number of rotatable bonds is 5. The van der Waals surface area contributed by atoms with Gasteiger partial charge in [0.15, 0.2) is 11.6 Å². The summed E-state index contributed by atoms with van der Waals surface area (Å²) in [4.78, 5) is 17.1. The number of methoxy groups -OCH3 is 1. The Labute approximate surface area is 169 Å². The standard InChI is InChI=1S/C22H24ClFN2O2/c1-28-21-7-6-15(12-20(21)24)14-25-8-10-26(11-9-25)22(27)18-13-17(18)16-4-2-3-5-19(16)23/h2-7,12,17-18H,8-11,13-14H2,1H3. The van der Waals surface area contributed by atoms with E-state index in [0.29, 0.717) is 19.6 Å². The number of hydrogen-bond acceptors (Lipinski definition) is 3. The van der Waals surface area contributed by atoms with Crippen molar-refractivity contribution in [1.29, 1.82) is 0 Å². The Morgan fingerprint density at radius 2 is 1.93 bits per heavy atom. The molecule has 1 saturated heterocycles. The third-order valence-electron chi connectivity index (χ3n) is 5.72. The molecule has 1 aliphatic heterocycles. The molecule has 4 rings (SSSR count). The molecule has 6 heteroatoms. The quantitative estimate of drug-likeness (QED) is 0.759. The van der Waals surface area contributed by atoms with Crippen LogP contribution in [0.2, 0.25) is 5.02 Å². The number of benzene rings is 2. The second-order valence-corrected chi connectivity index (χ2v) is 7.95. The van der Waals surface area contributed by atoms with E-state index in [1.54, 1.807) is 6.07 Å². The van der Waals surface area contributed by atoms with Crippen molar-refractivity contribution in [3.63, 3.8) is 0 Å². The molecule has 28 heavy (non-hydrogen) atoms. The normalized spacial score (nSPS) is 22.2. The third-order valence-corrected chi connectivity index (χ3v) is 6.06. The van der Waals surface area contributed by atoms with Crippen LogP contribution < -0.4 is 4.74 Å². The number of piperazine rings is 1. The van der Waals surface area contributed by atoms with Gasteiger partial charge in [-0.2, -0.15) is 0 Å². The molecule has 0 spiro atoms. The number of hydrogen-bond donors (Lipinski definition) is 0. The highest BCUT2D eigenvalue weighted by Gasteiger charge is 2.46. The van der Waals surface area contributed by atoms with Crippen molar-refractivity contribution in [2.45, 2.75) is 18.9 Å². The van der Waals surface area contributed by atoms with Gasteiger partial charge in [-0.05, 0) is 41.7 Å². The summed E-state index contributed by atoms with van der Waals surface area (Å²) >= 11 is 6.28. The van der Waals surface area contributed by atoms with Crippen molar-refractivity contribution in [2.75, 3.05) is 33.3 Å². The summed E-state index contributed by atoms with van der Waals surface area (Å²) in [5.41, 5.74) is 2.00. The molecule has 0 N–H and O–H groups in total. The fraction of sp³-hybridized carbons (Fsp3) is 0.409. The Kier molecular flexibility index (Phi) is 5.56. The molecule has 148 valence electrons. The molecule has 2 aromatic rings. The zero-order valence-electron chi connectivity index (χ0n) is 15.9. The Morgan fingerprint density at radius 1 is 1.18 bits per heavy atom. The number of ether oxygens (including phenoxy) is 1. The predicted octanol–water partition coefficient (Wildman–Crippen LogP) is 3.94. The van der Waals surface area contributed by atoms with Gasteiger partial charge < -0.3 is 9.64 Å². The number of carbonyl (C=O) groups is 1. The maximum atomic E-state index is 13.9. The maximum Gasteiger partial charge on any atom is 0.226 e. The van der Waals surface area contributed by atoms with E-state index in [1.807, 2.05) is 35.2 Å². The van der Waals surface area contributed by atoms with Crippen LogP contribution in [0.5, 0.6) is 5.75 Å². The van der Waals surface area contributed by atoms with Crippen LogP contribution in [0.4, 0.5) is 4.39 Å². The van der Waals surface area contributed by atoms with Crippen molar-refractivity contribution in [1.82, 2.24) is 9.80 Å². The summed E-state index contributed by atoms with van der Waals surface area (Å²) < 4.78 is 18.8. The molecule has 2 unspecified atom stereocenters. The monoisotopic (exact) mass is 402 g/mol. The number of carbonyl (C=O) groups excluding carboxylic acids is 1. The average Bonchev–Trinajstić information content (AvgIpc) is 3.49. The SMILES string of the molecule is COc1ccc(CN2CCN(C(=O)C3CC3c3ccccc3Cl)CC2)cc1F. The van der Waals surface area contributed by atoms with Gasteiger partial charge in [0.05, 0.1) is 7.11 Å². The van der Waals surface area contributed by atoms with Crippen LogP contribution in [0.15, 0.2) is 42.5 Å². The van der Waals surface area contributed by atoms with Gasteiger partial charge in [0, 0.05) is 43.7 Å². The van der Waals surface area contributed by atoms with Crippen LogP contribution in [-0.4, -0.2) is 49.0 Å². The lowest BCUT2D eigenvalue weighted by Crippen LogP contribution is -2.48. The molecule has 2 atom stereocenters. The molecule has 0 radical (unpaired) electrons. The third kappa shape index (κ3) is 4.01. The zero-order chi connectivity index (χ0) is 19.7. The molecule has 2 aliphatic rings. The summed E-state index contributed by atoms with van der Waals surface area (Å²) in [5, 5.41) is 0.749. The van der Waals surface area contributed by atoms with Crippen LogP contribution in [0, 0.1) is 11.7 Å². The van der Waals surface area contributed by atoms with E-state index in [4.69, 9.17) is 16.3 Å². The summed E-state index contributed by atoms with van der Waals surface area (Å²) in [6.07, 6.45) is 0.883. The smallest absolute Gasteiger partial charge is 0.226 e. The van der Waals surface area contributed by atoms with Crippen molar-refractivity contribution in [2.24, 2.45) is 5.92 Å². The van der Waals surface area contributed by atoms with Gasteiger partial charge in [-0.15, -0.1) is 0 Å². The van der Waals surface area contributed by atoms with Crippen LogP contribution in [0.1, 0.15) is 23.5 Å². The lowest BCUT2D eigenvalue weighted by molar-refractivity contribution is -0.134. The molecule has 1 saturated carbocycles. The second kappa shape index (κ2) is 8.10. The lowest BCUT2D eigenvalue weighted by Gasteiger charge is -2.35. The van der Waals surface area contributed by atoms with Crippen molar-refractivity contribution in [3.05, 3.63) is 64.4 Å². The van der Waals surface area contributed by atoms with E-state index in [1.165, 1.54) is 13.2 Å². The van der Waals surface area contributed by atoms with Gasteiger partial charge in [0.25, 0.3) is 0 Å². The van der Waals surface area contributed by atoms with Crippen LogP contribution in [-0.2, 0) is 11.3 Å². The lowest BCUT2D eigenvalue weighted by atomic mass is 10.1. The van der Waals surface area contributed by atoms with Gasteiger partial charge in [-0.1, -0.05) is 35.9 Å². The highest BCUT2D eigenvalue weighted by molar-refractivity contribution is 6.31. The summed E-state index contributed by atoms with van der Waals surface area (Å²) in [7, 11) is 1.46. The first-order chi connectivity index (χ1) is 13.6. The van der Waals surface area contributed by atoms with E-state index in [9.17, 15) is 9.18 Å². The molecule has 1 amide bonds. The van der Waals surface area contributed by atoms with Crippen molar-refractivity contribution in [3.8, 4) is 5.75 Å². The Balaban J connectivity index is 1.29. The summed E-state index contributed by atoms with van der Waals surface area (Å²) in [6, 6.07) is 12.9. The highest BCUT2D eigenvalue weighted by Crippen LogP contribution is 2.50. The predicted molar refractivity (Wildman–Crippen MR) is 107 cm³/mol. The minimum atomic E-state index is -0.340. The molecular weight excluding hydrogens is 379 g/mol. The second-order valence-electron chi connectivity index (χ2n) is 7.54. The molecule has 2 aromatic carbocycles. The number of nitrogens with zero attached hydrogens (tertiary/aromatic N) is 2. The van der Waals surface area contributed by atoms with E-state index < -0.39 is 0 Å². The molecule has 1 heterocycles. The first-order valence-electron chi connectivity index (χ1n) is 9.65. The van der Waals surface area contributed by atoms with Crippen molar-refractivity contribution < 1.29 is 13.9 Å². The molecule has 4 nitrogen and oxygen atoms in total. The fourth-order valence-corrected chi connectivity index (χ4v) is 4.29. The molecular formula is C22H24ClFN2O2. The van der Waals surface area contributed by atoms with Gasteiger partial charge in [-0.3, -0.25) is 9.69 Å². The summed E-state index contributed by atoms with van der Waals surface area (Å²) in [5.74, 6) is 0.466. The topological polar surface area (TPSA) is 32.8 Å². The highest BCUT2D eigenvalue weighted by atomic mass is 35.5. The number of halogens is 2. The Bertz CT molecular complexity index is 867. The molecule has 0 aromatic heterocycles. The zero-order valence-corrected chi connectivity index (χ0v) is 16.7. The van der Waals surface area contributed by atoms with E-state index in [0.717, 1.165) is 35.7 Å². The first-order valence-corrected chi connectivity index (χ1v) is 10.0. The van der Waals surface area contributed by atoms with Gasteiger partial charge in [0.2, 0.25) is 5.91 Å². The largest absolute Gasteiger partial charge is 0.494 e. The summed E-state index contributed by atoms with van der Waals surface area (Å²) in [6.45, 7) is 3.69. The minimum absolute atomic E-state index is 0.0575. The maximum absolute atomic E-state index is 13.9. The van der Waals surface area contributed by atoms with E-state index in [2.05, 4.69) is 4.90 Å². The van der Waals surface area contributed by atoms with Gasteiger partial charge >= 0.3 is 0 Å². The van der Waals surface area contributed by atoms with E-state index >= 15 is 0 Å². The van der Waals surface area contributed by atoms with Gasteiger partial charge in [0.1, 0.15) is 0 Å². The fourth-order valence-electron chi connectivity index (χ4n) is 4.01. The average molecular weight is 403 g/mol. The van der Waals surface area contributed by atoms with Crippen LogP contribution >= 0.6 is 11.6 Å². The van der Waals surface area contributed by atoms with E-state index in [-0.39, 0.29) is 29.3 Å². The molecule has 0 bridgehead atoms. The Morgan fingerprint density at radius 3 is 2.61 bits per heavy atom. The van der Waals surface area contributed by atoms with Crippen LogP contribution in [0.25, 0.3) is 0 Å². The van der Waals surface area contributed by atoms with Gasteiger partial charge in [-0.25, -0.2) is 4.39 Å². The number of amides is 1. The van der Waals surface area contributed by atoms with Crippen molar-refractivity contribution >= 4 is 17.5 Å². The Hall–Kier alpha value is -2.11. The molecule has 2 fully saturated rings. The first kappa shape index (κ1) is 19.2. The minimum Gasteiger partial charge on any atom is -0.494 e.